The second-order valence-electron chi connectivity index (χ2n) is 6.58. The smallest absolute Gasteiger partial charge is 0.251 e. The van der Waals surface area contributed by atoms with Crippen molar-refractivity contribution < 1.29 is 19.0 Å². The maximum atomic E-state index is 12.6. The van der Waals surface area contributed by atoms with E-state index in [4.69, 9.17) is 19.9 Å². The van der Waals surface area contributed by atoms with Crippen molar-refractivity contribution in [2.24, 2.45) is 5.73 Å². The van der Waals surface area contributed by atoms with Crippen molar-refractivity contribution in [3.8, 4) is 23.0 Å². The summed E-state index contributed by atoms with van der Waals surface area (Å²) in [5.74, 6) is 1.81. The summed E-state index contributed by atoms with van der Waals surface area (Å²) in [5, 5.41) is 3.91. The first-order valence-corrected chi connectivity index (χ1v) is 10.2. The van der Waals surface area contributed by atoms with Gasteiger partial charge in [-0.3, -0.25) is 4.79 Å². The van der Waals surface area contributed by atoms with E-state index in [0.717, 1.165) is 21.1 Å². The number of nitrogens with one attached hydrogen (secondary N) is 1. The molecule has 0 aliphatic heterocycles. The molecule has 0 radical (unpaired) electrons. The predicted octanol–water partition coefficient (Wildman–Crippen LogP) is 4.38. The number of hydrogen-bond donors (Lipinski definition) is 2. The number of benzene rings is 2. The first-order valence-electron chi connectivity index (χ1n) is 9.39. The van der Waals surface area contributed by atoms with Crippen molar-refractivity contribution in [2.45, 2.75) is 26.9 Å². The summed E-state index contributed by atoms with van der Waals surface area (Å²) in [6, 6.07) is 10.5. The number of carbonyl (C=O) groups excluding carboxylic acids is 1. The van der Waals surface area contributed by atoms with Gasteiger partial charge in [0.05, 0.1) is 31.5 Å². The minimum atomic E-state index is -0.199. The van der Waals surface area contributed by atoms with Crippen LogP contribution >= 0.6 is 23.7 Å². The van der Waals surface area contributed by atoms with Crippen molar-refractivity contribution in [3.63, 3.8) is 0 Å². The molecule has 2 aromatic carbocycles. The molecule has 0 aliphatic rings. The van der Waals surface area contributed by atoms with Gasteiger partial charge in [0.1, 0.15) is 0 Å². The van der Waals surface area contributed by atoms with Gasteiger partial charge < -0.3 is 25.3 Å². The Balaban J connectivity index is 0.00000341. The molecule has 1 aromatic heterocycles. The van der Waals surface area contributed by atoms with Gasteiger partial charge in [0.15, 0.2) is 23.0 Å². The lowest BCUT2D eigenvalue weighted by molar-refractivity contribution is 0.0951. The zero-order valence-corrected chi connectivity index (χ0v) is 19.5. The molecule has 0 atom stereocenters. The molecule has 166 valence electrons. The van der Waals surface area contributed by atoms with E-state index in [-0.39, 0.29) is 18.3 Å². The zero-order valence-electron chi connectivity index (χ0n) is 17.9. The van der Waals surface area contributed by atoms with E-state index < -0.39 is 0 Å². The minimum Gasteiger partial charge on any atom is -0.493 e. The molecule has 0 unspecified atom stereocenters. The van der Waals surface area contributed by atoms with Gasteiger partial charge in [-0.25, -0.2) is 4.98 Å². The number of methoxy groups -OCH3 is 2. The fourth-order valence-electron chi connectivity index (χ4n) is 2.94. The number of nitrogens with zero attached hydrogens (tertiary/aromatic N) is 1. The lowest BCUT2D eigenvalue weighted by Crippen LogP contribution is -2.22. The Morgan fingerprint density at radius 1 is 1.03 bits per heavy atom. The second-order valence-corrected chi connectivity index (χ2v) is 7.87. The molecule has 3 rings (SSSR count). The van der Waals surface area contributed by atoms with Gasteiger partial charge in [-0.2, -0.15) is 0 Å². The summed E-state index contributed by atoms with van der Waals surface area (Å²) in [6.45, 7) is 4.73. The fraction of sp³-hybridized carbons (Fsp3) is 0.273. The molecule has 7 nitrogen and oxygen atoms in total. The van der Waals surface area contributed by atoms with Crippen LogP contribution in [0.5, 0.6) is 23.0 Å². The Labute approximate surface area is 192 Å². The number of rotatable bonds is 8. The van der Waals surface area contributed by atoms with Crippen LogP contribution in [0.15, 0.2) is 36.4 Å². The number of thiazole rings is 1. The van der Waals surface area contributed by atoms with Crippen LogP contribution in [0.3, 0.4) is 0 Å². The summed E-state index contributed by atoms with van der Waals surface area (Å²) in [4.78, 5) is 18.0. The summed E-state index contributed by atoms with van der Waals surface area (Å²) >= 11 is 1.58. The first kappa shape index (κ1) is 24.5. The quantitative estimate of drug-likeness (QED) is 0.514. The summed E-state index contributed by atoms with van der Waals surface area (Å²) in [7, 11) is 3.10. The number of nitrogens with two attached hydrogens (primary N) is 1. The summed E-state index contributed by atoms with van der Waals surface area (Å²) in [5.41, 5.74) is 8.03. The third-order valence-electron chi connectivity index (χ3n) is 4.52. The number of hydrogen-bond acceptors (Lipinski definition) is 7. The Hall–Kier alpha value is -2.81. The highest BCUT2D eigenvalue weighted by Gasteiger charge is 2.15. The molecular weight excluding hydrogens is 438 g/mol. The highest BCUT2D eigenvalue weighted by molar-refractivity contribution is 7.11. The van der Waals surface area contributed by atoms with Crippen LogP contribution < -0.4 is 25.3 Å². The molecule has 31 heavy (non-hydrogen) atoms. The lowest BCUT2D eigenvalue weighted by Gasteiger charge is -2.14. The normalized spacial score (nSPS) is 10.2. The van der Waals surface area contributed by atoms with Crippen molar-refractivity contribution >= 4 is 29.7 Å². The van der Waals surface area contributed by atoms with Crippen LogP contribution in [0.1, 0.15) is 31.5 Å². The number of amides is 1. The summed E-state index contributed by atoms with van der Waals surface area (Å²) in [6.07, 6.45) is 0. The van der Waals surface area contributed by atoms with Gasteiger partial charge in [0, 0.05) is 17.0 Å². The average molecular weight is 464 g/mol. The molecule has 1 heterocycles. The monoisotopic (exact) mass is 463 g/mol. The highest BCUT2D eigenvalue weighted by atomic mass is 35.5. The SMILES string of the molecule is COc1cc(CN)ccc1Oc1ccc(C(=O)NCc2sc(C)nc2C)cc1OC.Cl. The molecule has 0 spiro atoms. The lowest BCUT2D eigenvalue weighted by atomic mass is 10.1. The Morgan fingerprint density at radius 2 is 1.68 bits per heavy atom. The van der Waals surface area contributed by atoms with Crippen LogP contribution in [0.2, 0.25) is 0 Å². The van der Waals surface area contributed by atoms with Crippen LogP contribution in [-0.2, 0) is 13.1 Å². The molecule has 0 aliphatic carbocycles. The van der Waals surface area contributed by atoms with Crippen LogP contribution in [0.4, 0.5) is 0 Å². The van der Waals surface area contributed by atoms with E-state index in [1.807, 2.05) is 26.0 Å². The van der Waals surface area contributed by atoms with Gasteiger partial charge in [-0.1, -0.05) is 6.07 Å². The van der Waals surface area contributed by atoms with Gasteiger partial charge in [-0.15, -0.1) is 23.7 Å². The standard InChI is InChI=1S/C22H25N3O4S.ClH/c1-13-21(30-14(2)25-13)12-24-22(26)16-6-8-18(20(10-16)28-4)29-17-7-5-15(11-23)9-19(17)27-3;/h5-10H,11-12,23H2,1-4H3,(H,24,26);1H. The number of carbonyl (C=O) groups is 1. The number of aryl methyl sites for hydroxylation is 2. The fourth-order valence-corrected chi connectivity index (χ4v) is 3.81. The molecule has 0 saturated carbocycles. The van der Waals surface area contributed by atoms with Crippen molar-refractivity contribution in [2.75, 3.05) is 14.2 Å². The van der Waals surface area contributed by atoms with E-state index in [1.54, 1.807) is 42.7 Å². The van der Waals surface area contributed by atoms with Crippen molar-refractivity contribution in [1.29, 1.82) is 0 Å². The van der Waals surface area contributed by atoms with Gasteiger partial charge in [-0.05, 0) is 49.7 Å². The highest BCUT2D eigenvalue weighted by Crippen LogP contribution is 2.37. The minimum absolute atomic E-state index is 0. The van der Waals surface area contributed by atoms with E-state index in [0.29, 0.717) is 41.7 Å². The maximum Gasteiger partial charge on any atom is 0.251 e. The van der Waals surface area contributed by atoms with E-state index >= 15 is 0 Å². The van der Waals surface area contributed by atoms with Crippen molar-refractivity contribution in [3.05, 3.63) is 63.1 Å². The van der Waals surface area contributed by atoms with Gasteiger partial charge >= 0.3 is 0 Å². The zero-order chi connectivity index (χ0) is 21.7. The number of halogens is 1. The van der Waals surface area contributed by atoms with Crippen LogP contribution in [-0.4, -0.2) is 25.1 Å². The van der Waals surface area contributed by atoms with Crippen LogP contribution in [0.25, 0.3) is 0 Å². The topological polar surface area (TPSA) is 95.7 Å². The predicted molar refractivity (Wildman–Crippen MR) is 124 cm³/mol. The maximum absolute atomic E-state index is 12.6. The molecule has 0 saturated heterocycles. The number of ether oxygens (including phenoxy) is 3. The first-order chi connectivity index (χ1) is 14.4. The third kappa shape index (κ3) is 5.88. The Kier molecular flexibility index (Phi) is 8.67. The third-order valence-corrected chi connectivity index (χ3v) is 5.59. The average Bonchev–Trinajstić information content (AvgIpc) is 3.09. The van der Waals surface area contributed by atoms with Crippen molar-refractivity contribution in [1.82, 2.24) is 10.3 Å². The Morgan fingerprint density at radius 3 is 2.26 bits per heavy atom. The molecule has 3 N–H and O–H groups in total. The van der Waals surface area contributed by atoms with Gasteiger partial charge in [0.25, 0.3) is 5.91 Å². The second kappa shape index (κ2) is 11.0. The molecule has 3 aromatic rings. The molecule has 9 heteroatoms. The molecule has 0 fully saturated rings. The largest absolute Gasteiger partial charge is 0.493 e. The summed E-state index contributed by atoms with van der Waals surface area (Å²) < 4.78 is 16.8. The van der Waals surface area contributed by atoms with E-state index in [9.17, 15) is 4.79 Å². The molecule has 1 amide bonds. The van der Waals surface area contributed by atoms with E-state index in [1.165, 1.54) is 7.11 Å². The van der Waals surface area contributed by atoms with Crippen LogP contribution in [0, 0.1) is 13.8 Å². The van der Waals surface area contributed by atoms with E-state index in [2.05, 4.69) is 10.3 Å². The molecular formula is C22H26ClN3O4S. The Bertz CT molecular complexity index is 1060. The number of aromatic nitrogens is 1. The van der Waals surface area contributed by atoms with Gasteiger partial charge in [0.2, 0.25) is 0 Å². The molecule has 0 bridgehead atoms.